The summed E-state index contributed by atoms with van der Waals surface area (Å²) in [5.74, 6) is -3.78. The van der Waals surface area contributed by atoms with Crippen molar-refractivity contribution < 1.29 is 39.7 Å². The maximum absolute atomic E-state index is 13.1. The van der Waals surface area contributed by atoms with E-state index in [2.05, 4.69) is 5.32 Å². The van der Waals surface area contributed by atoms with E-state index in [1.165, 1.54) is 6.92 Å². The minimum atomic E-state index is -1.30. The Morgan fingerprint density at radius 1 is 0.778 bits per heavy atom. The minimum absolute atomic E-state index is 0.0256. The predicted octanol–water partition coefficient (Wildman–Crippen LogP) is 3.32. The van der Waals surface area contributed by atoms with E-state index in [1.54, 1.807) is 60.7 Å². The van der Waals surface area contributed by atoms with Gasteiger partial charge in [-0.2, -0.15) is 0 Å². The summed E-state index contributed by atoms with van der Waals surface area (Å²) in [7, 11) is 0. The van der Waals surface area contributed by atoms with Crippen LogP contribution in [0.1, 0.15) is 64.4 Å². The van der Waals surface area contributed by atoms with E-state index in [0.717, 1.165) is 16.0 Å². The number of benzene rings is 3. The van der Waals surface area contributed by atoms with Crippen molar-refractivity contribution in [1.82, 2.24) is 15.5 Å². The summed E-state index contributed by atoms with van der Waals surface area (Å²) in [5.41, 5.74) is 2.11. The molecule has 4 rings (SSSR count). The average Bonchev–Trinajstić information content (AvgIpc) is 3.32. The first-order chi connectivity index (χ1) is 22.2. The van der Waals surface area contributed by atoms with Crippen molar-refractivity contribution in [2.24, 2.45) is 0 Å². The van der Waals surface area contributed by atoms with Crippen LogP contribution in [0.5, 0.6) is 0 Å². The number of carbonyl (C=O) groups excluding carboxylic acids is 6. The van der Waals surface area contributed by atoms with Gasteiger partial charge in [0, 0.05) is 19.4 Å². The molecule has 3 aromatic rings. The van der Waals surface area contributed by atoms with Crippen LogP contribution in [0.25, 0.3) is 0 Å². The lowest BCUT2D eigenvalue weighted by molar-refractivity contribution is -0.150. The van der Waals surface area contributed by atoms with E-state index in [-0.39, 0.29) is 45.4 Å². The molecule has 0 aliphatic carbocycles. The van der Waals surface area contributed by atoms with E-state index < -0.39 is 47.7 Å². The topological polar surface area (TPSA) is 148 Å². The number of nitrogens with one attached hydrogen (secondary N) is 2. The second-order valence-electron chi connectivity index (χ2n) is 10.4. The molecule has 3 aromatic carbocycles. The number of amides is 4. The Hall–Kier alpha value is -5.32. The number of hydrogen-bond donors (Lipinski definition) is 2. The zero-order valence-corrected chi connectivity index (χ0v) is 24.8. The Morgan fingerprint density at radius 2 is 1.31 bits per heavy atom. The lowest BCUT2D eigenvalue weighted by Gasteiger charge is -2.21. The first-order valence-corrected chi connectivity index (χ1v) is 14.6. The largest absolute Gasteiger partial charge is 0.461 e. The molecule has 45 heavy (non-hydrogen) atoms. The maximum Gasteiger partial charge on any atom is 0.328 e. The van der Waals surface area contributed by atoms with Crippen LogP contribution in [-0.4, -0.2) is 59.1 Å². The molecule has 1 heterocycles. The maximum atomic E-state index is 13.1. The van der Waals surface area contributed by atoms with Crippen molar-refractivity contribution in [1.29, 1.82) is 0 Å². The molecular weight excluding hydrogens is 578 g/mol. The van der Waals surface area contributed by atoms with Gasteiger partial charge in [0.05, 0.1) is 11.1 Å². The van der Waals surface area contributed by atoms with Crippen LogP contribution in [-0.2, 0) is 41.9 Å². The van der Waals surface area contributed by atoms with Crippen LogP contribution in [0.4, 0.5) is 0 Å². The number of rotatable bonds is 15. The molecule has 1 aliphatic rings. The number of nitrogens with zero attached hydrogens (tertiary/aromatic N) is 1. The molecule has 0 spiro atoms. The highest BCUT2D eigenvalue weighted by Gasteiger charge is 2.34. The summed E-state index contributed by atoms with van der Waals surface area (Å²) in [4.78, 5) is 77.4. The fraction of sp³-hybridized carbons (Fsp3) is 0.294. The Bertz CT molecular complexity index is 1530. The summed E-state index contributed by atoms with van der Waals surface area (Å²) in [6, 6.07) is 21.9. The van der Waals surface area contributed by atoms with E-state index in [4.69, 9.17) is 10.9 Å². The standard InChI is InChI=1S/C34H35N3O8/c1-23(35-29(38)17-10-20-37-32(41)26-15-8-9-16-27(26)33(37)42)31(40)36-28(34(43)45-22-25-13-6-3-7-14-25)18-19-30(39)44-21-24-11-4-2-5-12-24/h2-9,11-16,23,28H,10,17-22H2,1H3,(H,35,38)(H,36,40)/t23-,28-/m0/s1/i/hD. The number of carbonyl (C=O) groups is 6. The quantitative estimate of drug-likeness (QED) is 0.196. The average molecular weight is 615 g/mol. The zero-order valence-electron chi connectivity index (χ0n) is 25.8. The van der Waals surface area contributed by atoms with E-state index >= 15 is 0 Å². The highest BCUT2D eigenvalue weighted by molar-refractivity contribution is 6.21. The van der Waals surface area contributed by atoms with Crippen molar-refractivity contribution in [3.05, 3.63) is 107 Å². The first-order valence-electron chi connectivity index (χ1n) is 15.1. The number of imide groups is 1. The Balaban J connectivity index is 1.30. The van der Waals surface area contributed by atoms with Crippen LogP contribution in [0.3, 0.4) is 0 Å². The normalized spacial score (nSPS) is 13.7. The molecule has 0 fully saturated rings. The molecule has 0 aromatic heterocycles. The number of hydrogen-bond acceptors (Lipinski definition) is 8. The molecule has 0 radical (unpaired) electrons. The Kier molecular flexibility index (Phi) is 11.0. The van der Waals surface area contributed by atoms with E-state index in [0.29, 0.717) is 16.4 Å². The molecule has 2 atom stereocenters. The van der Waals surface area contributed by atoms with Gasteiger partial charge in [-0.05, 0) is 43.0 Å². The summed E-state index contributed by atoms with van der Waals surface area (Å²) >= 11 is 0. The van der Waals surface area contributed by atoms with Gasteiger partial charge in [-0.25, -0.2) is 4.79 Å². The summed E-state index contributed by atoms with van der Waals surface area (Å²) < 4.78 is 18.9. The Morgan fingerprint density at radius 3 is 1.89 bits per heavy atom. The van der Waals surface area contributed by atoms with Gasteiger partial charge in [-0.1, -0.05) is 72.8 Å². The predicted molar refractivity (Wildman–Crippen MR) is 162 cm³/mol. The molecule has 2 N–H and O–H groups in total. The number of esters is 2. The lowest BCUT2D eigenvalue weighted by atomic mass is 10.1. The molecule has 4 amide bonds. The summed E-state index contributed by atoms with van der Waals surface area (Å²) in [6.45, 7) is 1.29. The molecule has 0 saturated carbocycles. The minimum Gasteiger partial charge on any atom is -0.461 e. The second-order valence-corrected chi connectivity index (χ2v) is 10.4. The fourth-order valence-corrected chi connectivity index (χ4v) is 4.61. The van der Waals surface area contributed by atoms with E-state index in [9.17, 15) is 28.8 Å². The molecular formula is C34H35N3O8. The van der Waals surface area contributed by atoms with Crippen molar-refractivity contribution in [2.75, 3.05) is 6.54 Å². The number of ether oxygens (including phenoxy) is 2. The van der Waals surface area contributed by atoms with Gasteiger partial charge in [0.1, 0.15) is 25.3 Å². The van der Waals surface area contributed by atoms with Crippen molar-refractivity contribution in [3.8, 4) is 0 Å². The van der Waals surface area contributed by atoms with Crippen molar-refractivity contribution in [3.63, 3.8) is 0 Å². The van der Waals surface area contributed by atoms with Gasteiger partial charge < -0.3 is 20.1 Å². The Labute approximate surface area is 262 Å². The van der Waals surface area contributed by atoms with Crippen LogP contribution >= 0.6 is 0 Å². The van der Waals surface area contributed by atoms with Crippen molar-refractivity contribution >= 4 is 35.6 Å². The third-order valence-corrected chi connectivity index (χ3v) is 7.07. The smallest absolute Gasteiger partial charge is 0.328 e. The van der Waals surface area contributed by atoms with Crippen LogP contribution < -0.4 is 10.6 Å². The van der Waals surface area contributed by atoms with Gasteiger partial charge >= 0.3 is 11.9 Å². The van der Waals surface area contributed by atoms with Gasteiger partial charge in [0.15, 0.2) is 1.41 Å². The molecule has 0 saturated heterocycles. The van der Waals surface area contributed by atoms with Gasteiger partial charge in [-0.15, -0.1) is 0 Å². The summed E-state index contributed by atoms with van der Waals surface area (Å²) in [6.07, 6.45) is -0.447. The highest BCUT2D eigenvalue weighted by Crippen LogP contribution is 2.22. The highest BCUT2D eigenvalue weighted by atomic mass is 16.5. The third-order valence-electron chi connectivity index (χ3n) is 7.07. The van der Waals surface area contributed by atoms with Gasteiger partial charge in [0.25, 0.3) is 11.8 Å². The summed E-state index contributed by atoms with van der Waals surface area (Å²) in [5, 5.41) is 2.99. The van der Waals surface area contributed by atoms with Gasteiger partial charge in [0.2, 0.25) is 11.8 Å². The van der Waals surface area contributed by atoms with Crippen molar-refractivity contribution in [2.45, 2.75) is 57.9 Å². The van der Waals surface area contributed by atoms with Crippen LogP contribution in [0, 0.1) is 0 Å². The molecule has 11 nitrogen and oxygen atoms in total. The monoisotopic (exact) mass is 614 g/mol. The first kappa shape index (κ1) is 31.1. The molecule has 234 valence electrons. The third kappa shape index (κ3) is 9.33. The molecule has 0 unspecified atom stereocenters. The molecule has 0 bridgehead atoms. The SMILES string of the molecule is [2H]N(C(=O)CCCN1C(=O)c2ccccc2C1=O)[C@@H](C)C(=O)N[C@@H](CCC(=O)OCc1ccccc1)C(=O)OCc1ccccc1. The van der Waals surface area contributed by atoms with E-state index in [1.807, 2.05) is 24.3 Å². The van der Waals surface area contributed by atoms with Crippen LogP contribution in [0.15, 0.2) is 84.9 Å². The molecule has 1 aliphatic heterocycles. The number of fused-ring (bicyclic) bond motifs is 1. The van der Waals surface area contributed by atoms with Gasteiger partial charge in [-0.3, -0.25) is 28.9 Å². The zero-order chi connectivity index (χ0) is 33.1. The lowest BCUT2D eigenvalue weighted by Crippen LogP contribution is -2.50. The van der Waals surface area contributed by atoms with Crippen LogP contribution in [0.2, 0.25) is 1.41 Å². The molecule has 11 heteroatoms. The second kappa shape index (κ2) is 15.9. The fourth-order valence-electron chi connectivity index (χ4n) is 4.61.